The molecular formula is C28H35NO7. The van der Waals surface area contributed by atoms with E-state index >= 15 is 0 Å². The Kier molecular flexibility index (Phi) is 10.6. The molecule has 2 N–H and O–H groups in total. The second kappa shape index (κ2) is 13.4. The van der Waals surface area contributed by atoms with Crippen LogP contribution < -0.4 is 5.32 Å². The van der Waals surface area contributed by atoms with E-state index in [4.69, 9.17) is 14.6 Å². The van der Waals surface area contributed by atoms with Crippen molar-refractivity contribution in [3.8, 4) is 11.1 Å². The van der Waals surface area contributed by atoms with Gasteiger partial charge in [-0.3, -0.25) is 19.2 Å². The number of carbonyl (C=O) groups excluding carboxylic acids is 3. The van der Waals surface area contributed by atoms with E-state index in [0.29, 0.717) is 6.42 Å². The van der Waals surface area contributed by atoms with Gasteiger partial charge in [-0.2, -0.15) is 0 Å². The Balaban J connectivity index is 2.02. The number of hydrogen-bond acceptors (Lipinski definition) is 6. The molecule has 8 heteroatoms. The predicted molar refractivity (Wildman–Crippen MR) is 135 cm³/mol. The highest BCUT2D eigenvalue weighted by Gasteiger charge is 2.25. The van der Waals surface area contributed by atoms with Gasteiger partial charge in [0.05, 0.1) is 17.8 Å². The van der Waals surface area contributed by atoms with Crippen molar-refractivity contribution in [2.24, 2.45) is 11.3 Å². The summed E-state index contributed by atoms with van der Waals surface area (Å²) in [5.41, 5.74) is 2.39. The molecule has 0 spiro atoms. The number of rotatable bonds is 12. The molecule has 2 unspecified atom stereocenters. The van der Waals surface area contributed by atoms with Crippen molar-refractivity contribution in [1.29, 1.82) is 0 Å². The molecule has 0 saturated heterocycles. The van der Waals surface area contributed by atoms with Gasteiger partial charge in [-0.15, -0.1) is 0 Å². The first-order chi connectivity index (χ1) is 17.0. The van der Waals surface area contributed by atoms with Gasteiger partial charge in [-0.05, 0) is 50.3 Å². The van der Waals surface area contributed by atoms with Crippen molar-refractivity contribution in [1.82, 2.24) is 5.32 Å². The van der Waals surface area contributed by atoms with E-state index < -0.39 is 48.0 Å². The number of carboxylic acid groups (broad SMARTS) is 1. The van der Waals surface area contributed by atoms with Gasteiger partial charge in [-0.25, -0.2) is 0 Å². The fraction of sp³-hybridized carbons (Fsp3) is 0.429. The van der Waals surface area contributed by atoms with Gasteiger partial charge in [0.25, 0.3) is 0 Å². The van der Waals surface area contributed by atoms with Crippen LogP contribution in [0.2, 0.25) is 0 Å². The average Bonchev–Trinajstić information content (AvgIpc) is 2.83. The molecule has 194 valence electrons. The Morgan fingerprint density at radius 2 is 1.50 bits per heavy atom. The summed E-state index contributed by atoms with van der Waals surface area (Å²) in [7, 11) is 0. The molecule has 0 aliphatic carbocycles. The Labute approximate surface area is 212 Å². The van der Waals surface area contributed by atoms with Gasteiger partial charge < -0.3 is 19.9 Å². The Morgan fingerprint density at radius 3 is 2.08 bits per heavy atom. The number of carbonyl (C=O) groups is 4. The number of benzene rings is 2. The minimum absolute atomic E-state index is 0.152. The molecule has 36 heavy (non-hydrogen) atoms. The van der Waals surface area contributed by atoms with Gasteiger partial charge in [-0.1, -0.05) is 61.5 Å². The van der Waals surface area contributed by atoms with Crippen LogP contribution in [0.15, 0.2) is 54.6 Å². The molecule has 8 nitrogen and oxygen atoms in total. The van der Waals surface area contributed by atoms with Crippen molar-refractivity contribution in [2.45, 2.75) is 59.4 Å². The highest BCUT2D eigenvalue weighted by atomic mass is 16.7. The molecular weight excluding hydrogens is 462 g/mol. The molecule has 2 rings (SSSR count). The highest BCUT2D eigenvalue weighted by molar-refractivity contribution is 5.81. The summed E-state index contributed by atoms with van der Waals surface area (Å²) in [6.07, 6.45) is 0.289. The SMILES string of the molecule is CC(CC(Cc1ccc(-c2ccccc2)cc1)NC(=O)CCC(=O)O)C(=O)OCOC(=O)C(C)(C)C. The summed E-state index contributed by atoms with van der Waals surface area (Å²) >= 11 is 0. The Hall–Kier alpha value is -3.68. The maximum atomic E-state index is 12.5. The topological polar surface area (TPSA) is 119 Å². The van der Waals surface area contributed by atoms with Crippen LogP contribution in [-0.4, -0.2) is 41.8 Å². The van der Waals surface area contributed by atoms with Crippen LogP contribution in [0.3, 0.4) is 0 Å². The van der Waals surface area contributed by atoms with Crippen molar-refractivity contribution in [3.05, 3.63) is 60.2 Å². The van der Waals surface area contributed by atoms with Crippen molar-refractivity contribution < 1.29 is 33.8 Å². The van der Waals surface area contributed by atoms with Crippen molar-refractivity contribution in [3.63, 3.8) is 0 Å². The van der Waals surface area contributed by atoms with Crippen molar-refractivity contribution >= 4 is 23.8 Å². The first-order valence-corrected chi connectivity index (χ1v) is 11.9. The molecule has 2 aromatic rings. The summed E-state index contributed by atoms with van der Waals surface area (Å²) in [6.45, 7) is 6.29. The van der Waals surface area contributed by atoms with Gasteiger partial charge in [0, 0.05) is 12.5 Å². The van der Waals surface area contributed by atoms with Crippen LogP contribution in [0.5, 0.6) is 0 Å². The molecule has 0 bridgehead atoms. The zero-order valence-corrected chi connectivity index (χ0v) is 21.3. The highest BCUT2D eigenvalue weighted by Crippen LogP contribution is 2.21. The molecule has 0 heterocycles. The average molecular weight is 498 g/mol. The quantitative estimate of drug-likeness (QED) is 0.330. The van der Waals surface area contributed by atoms with E-state index in [1.807, 2.05) is 54.6 Å². The Morgan fingerprint density at radius 1 is 0.889 bits per heavy atom. The summed E-state index contributed by atoms with van der Waals surface area (Å²) < 4.78 is 10.1. The lowest BCUT2D eigenvalue weighted by Gasteiger charge is -2.22. The lowest BCUT2D eigenvalue weighted by molar-refractivity contribution is -0.175. The molecule has 0 saturated carbocycles. The number of esters is 2. The monoisotopic (exact) mass is 497 g/mol. The van der Waals surface area contributed by atoms with Crippen LogP contribution in [0.1, 0.15) is 52.5 Å². The maximum Gasteiger partial charge on any atom is 0.314 e. The predicted octanol–water partition coefficient (Wildman–Crippen LogP) is 4.36. The fourth-order valence-electron chi connectivity index (χ4n) is 3.48. The van der Waals surface area contributed by atoms with E-state index in [0.717, 1.165) is 16.7 Å². The van der Waals surface area contributed by atoms with Crippen LogP contribution in [-0.2, 0) is 35.1 Å². The first-order valence-electron chi connectivity index (χ1n) is 11.9. The second-order valence-corrected chi connectivity index (χ2v) is 9.83. The minimum Gasteiger partial charge on any atom is -0.481 e. The summed E-state index contributed by atoms with van der Waals surface area (Å²) in [5, 5.41) is 11.7. The van der Waals surface area contributed by atoms with Crippen LogP contribution in [0, 0.1) is 11.3 Å². The number of nitrogens with one attached hydrogen (secondary N) is 1. The van der Waals surface area contributed by atoms with Crippen LogP contribution in [0.4, 0.5) is 0 Å². The molecule has 2 aromatic carbocycles. The van der Waals surface area contributed by atoms with E-state index in [-0.39, 0.29) is 19.3 Å². The summed E-state index contributed by atoms with van der Waals surface area (Å²) in [5.74, 6) is -3.08. The standard InChI is InChI=1S/C28H35NO7/c1-19(26(33)35-18-36-27(34)28(2,3)4)16-23(29-24(30)14-15-25(31)32)17-20-10-12-22(13-11-20)21-8-6-5-7-9-21/h5-13,19,23H,14-18H2,1-4H3,(H,29,30)(H,31,32). The van der Waals surface area contributed by atoms with E-state index in [9.17, 15) is 19.2 Å². The van der Waals surface area contributed by atoms with Gasteiger partial charge in [0.2, 0.25) is 12.7 Å². The van der Waals surface area contributed by atoms with E-state index in [2.05, 4.69) is 5.32 Å². The molecule has 0 aliphatic rings. The second-order valence-electron chi connectivity index (χ2n) is 9.83. The third kappa shape index (κ3) is 9.90. The Bertz CT molecular complexity index is 1030. The van der Waals surface area contributed by atoms with Crippen LogP contribution in [0.25, 0.3) is 11.1 Å². The number of ether oxygens (including phenoxy) is 2. The molecule has 0 aliphatic heterocycles. The number of carboxylic acids is 1. The first kappa shape index (κ1) is 28.6. The summed E-state index contributed by atoms with van der Waals surface area (Å²) in [4.78, 5) is 47.5. The zero-order chi connectivity index (χ0) is 26.7. The molecule has 0 aromatic heterocycles. The minimum atomic E-state index is -1.06. The van der Waals surface area contributed by atoms with Crippen molar-refractivity contribution in [2.75, 3.05) is 6.79 Å². The van der Waals surface area contributed by atoms with Gasteiger partial charge in [0.15, 0.2) is 0 Å². The van der Waals surface area contributed by atoms with E-state index in [1.54, 1.807) is 27.7 Å². The van der Waals surface area contributed by atoms with Crippen LogP contribution >= 0.6 is 0 Å². The van der Waals surface area contributed by atoms with E-state index in [1.165, 1.54) is 0 Å². The molecule has 0 radical (unpaired) electrons. The lowest BCUT2D eigenvalue weighted by atomic mass is 9.94. The van der Waals surface area contributed by atoms with Gasteiger partial charge in [0.1, 0.15) is 0 Å². The lowest BCUT2D eigenvalue weighted by Crippen LogP contribution is -2.39. The smallest absolute Gasteiger partial charge is 0.314 e. The maximum absolute atomic E-state index is 12.5. The third-order valence-corrected chi connectivity index (χ3v) is 5.52. The normalized spacial score (nSPS) is 12.8. The number of aliphatic carboxylic acids is 1. The third-order valence-electron chi connectivity index (χ3n) is 5.52. The number of hydrogen-bond donors (Lipinski definition) is 2. The molecule has 0 fully saturated rings. The summed E-state index contributed by atoms with van der Waals surface area (Å²) in [6, 6.07) is 17.4. The largest absolute Gasteiger partial charge is 0.481 e. The molecule has 2 atom stereocenters. The fourth-order valence-corrected chi connectivity index (χ4v) is 3.48. The number of amides is 1. The van der Waals surface area contributed by atoms with Gasteiger partial charge >= 0.3 is 17.9 Å². The molecule has 1 amide bonds. The zero-order valence-electron chi connectivity index (χ0n) is 21.3.